The average Bonchev–Trinajstić information content (AvgIpc) is 3.10. The number of alkyl carbamates (subject to hydrolysis) is 1. The molecular formula is C26H32N2O5. The Balaban J connectivity index is 1.64. The van der Waals surface area contributed by atoms with Crippen molar-refractivity contribution < 1.29 is 24.2 Å². The largest absolute Gasteiger partial charge is 0.480 e. The van der Waals surface area contributed by atoms with Gasteiger partial charge in [-0.25, -0.2) is 9.59 Å². The Morgan fingerprint density at radius 1 is 0.939 bits per heavy atom. The van der Waals surface area contributed by atoms with Gasteiger partial charge in [-0.3, -0.25) is 4.79 Å². The molecule has 0 saturated carbocycles. The molecule has 0 unspecified atom stereocenters. The van der Waals surface area contributed by atoms with Crippen LogP contribution in [-0.2, 0) is 14.3 Å². The van der Waals surface area contributed by atoms with Crippen LogP contribution in [0.4, 0.5) is 4.79 Å². The number of benzene rings is 2. The number of amides is 2. The first kappa shape index (κ1) is 24.3. The fraction of sp³-hybridized carbons (Fsp3) is 0.423. The highest BCUT2D eigenvalue weighted by Crippen LogP contribution is 2.44. The third kappa shape index (κ3) is 5.92. The topological polar surface area (TPSA) is 105 Å². The van der Waals surface area contributed by atoms with Crippen LogP contribution in [0, 0.1) is 5.92 Å². The van der Waals surface area contributed by atoms with Crippen LogP contribution < -0.4 is 10.6 Å². The Kier molecular flexibility index (Phi) is 8.09. The van der Waals surface area contributed by atoms with E-state index in [1.807, 2.05) is 57.2 Å². The first-order chi connectivity index (χ1) is 15.8. The van der Waals surface area contributed by atoms with Gasteiger partial charge < -0.3 is 20.5 Å². The maximum Gasteiger partial charge on any atom is 0.407 e. The second kappa shape index (κ2) is 11.0. The van der Waals surface area contributed by atoms with Gasteiger partial charge in [-0.1, -0.05) is 75.7 Å². The molecule has 7 nitrogen and oxygen atoms in total. The van der Waals surface area contributed by atoms with Crippen molar-refractivity contribution in [2.45, 2.75) is 58.0 Å². The number of aliphatic carboxylic acids is 1. The van der Waals surface area contributed by atoms with Crippen LogP contribution in [0.3, 0.4) is 0 Å². The molecule has 0 aromatic heterocycles. The first-order valence-electron chi connectivity index (χ1n) is 11.5. The molecule has 2 amide bonds. The van der Waals surface area contributed by atoms with Crippen molar-refractivity contribution in [3.63, 3.8) is 0 Å². The molecule has 0 bridgehead atoms. The molecule has 7 heteroatoms. The summed E-state index contributed by atoms with van der Waals surface area (Å²) in [5.41, 5.74) is 4.48. The van der Waals surface area contributed by atoms with E-state index in [9.17, 15) is 19.5 Å². The quantitative estimate of drug-likeness (QED) is 0.498. The average molecular weight is 453 g/mol. The van der Waals surface area contributed by atoms with Gasteiger partial charge in [0.1, 0.15) is 18.7 Å². The lowest BCUT2D eigenvalue weighted by Gasteiger charge is -2.22. The SMILES string of the molecule is CCC[C@@H](NC(=O)OCC1c2ccccc2-c2ccccc21)C(=O)N[C@H](CC(C)C)C(=O)O. The number of nitrogens with one attached hydrogen (secondary N) is 2. The number of hydrogen-bond donors (Lipinski definition) is 3. The smallest absolute Gasteiger partial charge is 0.407 e. The normalized spacial score (nSPS) is 14.2. The summed E-state index contributed by atoms with van der Waals surface area (Å²) in [6.45, 7) is 5.81. The predicted molar refractivity (Wildman–Crippen MR) is 126 cm³/mol. The predicted octanol–water partition coefficient (Wildman–Crippen LogP) is 4.31. The lowest BCUT2D eigenvalue weighted by Crippen LogP contribution is -2.52. The number of rotatable bonds is 10. The van der Waals surface area contributed by atoms with Gasteiger partial charge in [-0.15, -0.1) is 0 Å². The summed E-state index contributed by atoms with van der Waals surface area (Å²) < 4.78 is 5.54. The number of ether oxygens (including phenoxy) is 1. The minimum Gasteiger partial charge on any atom is -0.480 e. The Hall–Kier alpha value is -3.35. The van der Waals surface area contributed by atoms with Gasteiger partial charge in [0.05, 0.1) is 0 Å². The van der Waals surface area contributed by atoms with E-state index in [0.717, 1.165) is 22.3 Å². The summed E-state index contributed by atoms with van der Waals surface area (Å²) in [7, 11) is 0. The van der Waals surface area contributed by atoms with Gasteiger partial charge in [0.15, 0.2) is 0 Å². The van der Waals surface area contributed by atoms with Crippen molar-refractivity contribution in [2.24, 2.45) is 5.92 Å². The van der Waals surface area contributed by atoms with Crippen molar-refractivity contribution in [3.8, 4) is 11.1 Å². The van der Waals surface area contributed by atoms with E-state index in [0.29, 0.717) is 19.3 Å². The number of carbonyl (C=O) groups is 3. The van der Waals surface area contributed by atoms with Gasteiger partial charge in [-0.2, -0.15) is 0 Å². The Morgan fingerprint density at radius 2 is 1.52 bits per heavy atom. The molecule has 2 aromatic rings. The Morgan fingerprint density at radius 3 is 2.03 bits per heavy atom. The molecule has 1 aliphatic carbocycles. The van der Waals surface area contributed by atoms with Crippen LogP contribution in [0.25, 0.3) is 11.1 Å². The van der Waals surface area contributed by atoms with E-state index in [1.54, 1.807) is 0 Å². The molecule has 0 heterocycles. The van der Waals surface area contributed by atoms with Crippen molar-refractivity contribution in [3.05, 3.63) is 59.7 Å². The van der Waals surface area contributed by atoms with Gasteiger partial charge >= 0.3 is 12.1 Å². The van der Waals surface area contributed by atoms with Gasteiger partial charge in [-0.05, 0) is 41.0 Å². The number of hydrogen-bond acceptors (Lipinski definition) is 4. The van der Waals surface area contributed by atoms with Gasteiger partial charge in [0.25, 0.3) is 0 Å². The molecule has 0 aliphatic heterocycles. The molecule has 33 heavy (non-hydrogen) atoms. The lowest BCUT2D eigenvalue weighted by molar-refractivity contribution is -0.142. The highest BCUT2D eigenvalue weighted by Gasteiger charge is 2.30. The molecule has 0 saturated heterocycles. The van der Waals surface area contributed by atoms with Crippen LogP contribution in [0.1, 0.15) is 57.1 Å². The van der Waals surface area contributed by atoms with Crippen LogP contribution in [-0.4, -0.2) is 41.8 Å². The zero-order valence-electron chi connectivity index (χ0n) is 19.3. The number of carbonyl (C=O) groups excluding carboxylic acids is 2. The fourth-order valence-electron chi connectivity index (χ4n) is 4.31. The molecule has 0 spiro atoms. The summed E-state index contributed by atoms with van der Waals surface area (Å²) in [5.74, 6) is -1.58. The van der Waals surface area contributed by atoms with Crippen LogP contribution in [0.15, 0.2) is 48.5 Å². The van der Waals surface area contributed by atoms with Crippen molar-refractivity contribution in [1.29, 1.82) is 0 Å². The molecule has 3 N–H and O–H groups in total. The van der Waals surface area contributed by atoms with Gasteiger partial charge in [0.2, 0.25) is 5.91 Å². The maximum atomic E-state index is 12.7. The lowest BCUT2D eigenvalue weighted by atomic mass is 9.98. The second-order valence-electron chi connectivity index (χ2n) is 8.84. The molecule has 2 aromatic carbocycles. The molecule has 176 valence electrons. The zero-order chi connectivity index (χ0) is 24.0. The van der Waals surface area contributed by atoms with E-state index in [-0.39, 0.29) is 18.4 Å². The minimum absolute atomic E-state index is 0.0796. The number of fused-ring (bicyclic) bond motifs is 3. The minimum atomic E-state index is -1.09. The summed E-state index contributed by atoms with van der Waals surface area (Å²) >= 11 is 0. The van der Waals surface area contributed by atoms with Crippen molar-refractivity contribution in [2.75, 3.05) is 6.61 Å². The Bertz CT molecular complexity index is 958. The third-order valence-corrected chi connectivity index (χ3v) is 5.85. The summed E-state index contributed by atoms with van der Waals surface area (Å²) in [6, 6.07) is 14.3. The van der Waals surface area contributed by atoms with Gasteiger partial charge in [0, 0.05) is 5.92 Å². The number of carboxylic acid groups (broad SMARTS) is 1. The van der Waals surface area contributed by atoms with Crippen molar-refractivity contribution in [1.82, 2.24) is 10.6 Å². The van der Waals surface area contributed by atoms with E-state index in [2.05, 4.69) is 22.8 Å². The zero-order valence-corrected chi connectivity index (χ0v) is 19.3. The van der Waals surface area contributed by atoms with E-state index >= 15 is 0 Å². The van der Waals surface area contributed by atoms with Crippen LogP contribution in [0.2, 0.25) is 0 Å². The van der Waals surface area contributed by atoms with Crippen LogP contribution >= 0.6 is 0 Å². The fourth-order valence-corrected chi connectivity index (χ4v) is 4.31. The molecule has 1 aliphatic rings. The highest BCUT2D eigenvalue weighted by molar-refractivity contribution is 5.89. The number of carboxylic acids is 1. The van der Waals surface area contributed by atoms with Crippen LogP contribution in [0.5, 0.6) is 0 Å². The molecule has 2 atom stereocenters. The van der Waals surface area contributed by atoms with E-state index in [4.69, 9.17) is 4.74 Å². The Labute approximate surface area is 194 Å². The monoisotopic (exact) mass is 452 g/mol. The standard InChI is InChI=1S/C26H32N2O5/c1-4-9-22(24(29)27-23(25(30)31)14-16(2)3)28-26(32)33-15-21-19-12-7-5-10-17(19)18-11-6-8-13-20(18)21/h5-8,10-13,16,21-23H,4,9,14-15H2,1-3H3,(H,27,29)(H,28,32)(H,30,31)/t22-,23-/m1/s1. The molecule has 0 fully saturated rings. The van der Waals surface area contributed by atoms with Crippen molar-refractivity contribution >= 4 is 18.0 Å². The van der Waals surface area contributed by atoms with E-state index in [1.165, 1.54) is 0 Å². The summed E-state index contributed by atoms with van der Waals surface area (Å²) in [4.78, 5) is 36.8. The molecular weight excluding hydrogens is 420 g/mol. The molecule has 0 radical (unpaired) electrons. The maximum absolute atomic E-state index is 12.7. The summed E-state index contributed by atoms with van der Waals surface area (Å²) in [5, 5.41) is 14.6. The molecule has 3 rings (SSSR count). The summed E-state index contributed by atoms with van der Waals surface area (Å²) in [6.07, 6.45) is 0.639. The second-order valence-corrected chi connectivity index (χ2v) is 8.84. The third-order valence-electron chi connectivity index (χ3n) is 5.85. The van der Waals surface area contributed by atoms with E-state index < -0.39 is 30.1 Å². The first-order valence-corrected chi connectivity index (χ1v) is 11.5. The highest BCUT2D eigenvalue weighted by atomic mass is 16.5.